The van der Waals surface area contributed by atoms with Gasteiger partial charge >= 0.3 is 6.18 Å². The molecular formula is C24H30ClF3N6OS. The van der Waals surface area contributed by atoms with Gasteiger partial charge in [0.25, 0.3) is 0 Å². The largest absolute Gasteiger partial charge is 0.416 e. The number of carbonyl (C=O) groups is 1. The number of halogens is 4. The summed E-state index contributed by atoms with van der Waals surface area (Å²) in [6.07, 6.45) is -2.29. The van der Waals surface area contributed by atoms with Crippen molar-refractivity contribution < 1.29 is 18.0 Å². The van der Waals surface area contributed by atoms with E-state index in [1.54, 1.807) is 17.0 Å². The molecule has 2 aliphatic heterocycles. The second kappa shape index (κ2) is 11.4. The van der Waals surface area contributed by atoms with E-state index in [1.165, 1.54) is 17.8 Å². The Morgan fingerprint density at radius 2 is 1.81 bits per heavy atom. The van der Waals surface area contributed by atoms with Crippen LogP contribution in [-0.2, 0) is 11.0 Å². The molecule has 2 aliphatic rings. The van der Waals surface area contributed by atoms with Gasteiger partial charge in [0.1, 0.15) is 11.0 Å². The fraction of sp³-hybridized carbons (Fsp3) is 0.542. The van der Waals surface area contributed by atoms with Crippen molar-refractivity contribution in [2.24, 2.45) is 0 Å². The van der Waals surface area contributed by atoms with E-state index in [1.807, 2.05) is 11.9 Å². The van der Waals surface area contributed by atoms with Gasteiger partial charge in [-0.3, -0.25) is 4.79 Å². The van der Waals surface area contributed by atoms with Crippen molar-refractivity contribution in [3.05, 3.63) is 41.0 Å². The highest BCUT2D eigenvalue weighted by atomic mass is 35.5. The zero-order valence-corrected chi connectivity index (χ0v) is 21.9. The molecule has 196 valence electrons. The van der Waals surface area contributed by atoms with Crippen LogP contribution in [0.2, 0.25) is 5.15 Å². The lowest BCUT2D eigenvalue weighted by Crippen LogP contribution is -2.49. The molecule has 2 saturated heterocycles. The normalized spacial score (nSPS) is 17.9. The maximum absolute atomic E-state index is 13.0. The Labute approximate surface area is 218 Å². The smallest absolute Gasteiger partial charge is 0.368 e. The van der Waals surface area contributed by atoms with Crippen LogP contribution in [0, 0.1) is 0 Å². The minimum atomic E-state index is -4.38. The van der Waals surface area contributed by atoms with Crippen molar-refractivity contribution in [3.63, 3.8) is 0 Å². The molecule has 1 aromatic heterocycles. The van der Waals surface area contributed by atoms with Crippen LogP contribution in [0.1, 0.15) is 18.4 Å². The lowest BCUT2D eigenvalue weighted by molar-refractivity contribution is -0.137. The van der Waals surface area contributed by atoms with Gasteiger partial charge in [0, 0.05) is 51.0 Å². The molecule has 12 heteroatoms. The molecule has 0 N–H and O–H groups in total. The van der Waals surface area contributed by atoms with Gasteiger partial charge in [0.2, 0.25) is 5.91 Å². The second-order valence-corrected chi connectivity index (χ2v) is 10.5. The van der Waals surface area contributed by atoms with Gasteiger partial charge in [-0.25, -0.2) is 9.97 Å². The van der Waals surface area contributed by atoms with E-state index in [0.29, 0.717) is 48.2 Å². The topological polar surface area (TPSA) is 55.8 Å². The van der Waals surface area contributed by atoms with Crippen LogP contribution in [0.5, 0.6) is 0 Å². The average molecular weight is 543 g/mol. The van der Waals surface area contributed by atoms with Gasteiger partial charge in [0.15, 0.2) is 5.16 Å². The Balaban J connectivity index is 1.30. The number of aromatic nitrogens is 2. The summed E-state index contributed by atoms with van der Waals surface area (Å²) >= 11 is 7.51. The molecule has 7 nitrogen and oxygen atoms in total. The lowest BCUT2D eigenvalue weighted by Gasteiger charge is -2.36. The third kappa shape index (κ3) is 6.74. The number of likely N-dealkylation sites (tertiary alicyclic amines) is 1. The Kier molecular flexibility index (Phi) is 8.52. The number of anilines is 2. The van der Waals surface area contributed by atoms with Crippen molar-refractivity contribution >= 4 is 40.8 Å². The van der Waals surface area contributed by atoms with Crippen LogP contribution in [0.3, 0.4) is 0 Å². The molecule has 0 unspecified atom stereocenters. The molecule has 0 atom stereocenters. The van der Waals surface area contributed by atoms with Crippen molar-refractivity contribution in [1.82, 2.24) is 19.8 Å². The van der Waals surface area contributed by atoms with Crippen LogP contribution in [0.15, 0.2) is 35.5 Å². The summed E-state index contributed by atoms with van der Waals surface area (Å²) in [5.74, 6) is 0.855. The molecular weight excluding hydrogens is 513 g/mol. The van der Waals surface area contributed by atoms with E-state index in [-0.39, 0.29) is 11.7 Å². The first kappa shape index (κ1) is 26.8. The van der Waals surface area contributed by atoms with E-state index >= 15 is 0 Å². The van der Waals surface area contributed by atoms with Crippen molar-refractivity contribution in [1.29, 1.82) is 0 Å². The molecule has 0 aliphatic carbocycles. The summed E-state index contributed by atoms with van der Waals surface area (Å²) in [5, 5.41) is 0.789. The molecule has 0 bridgehead atoms. The zero-order chi connectivity index (χ0) is 25.9. The van der Waals surface area contributed by atoms with Crippen LogP contribution < -0.4 is 9.80 Å². The van der Waals surface area contributed by atoms with Gasteiger partial charge in [-0.15, -0.1) is 0 Å². The number of nitrogens with zero attached hydrogens (tertiary/aromatic N) is 6. The third-order valence-corrected chi connectivity index (χ3v) is 7.78. The number of thioether (sulfide) groups is 1. The monoisotopic (exact) mass is 542 g/mol. The maximum Gasteiger partial charge on any atom is 0.416 e. The predicted molar refractivity (Wildman–Crippen MR) is 137 cm³/mol. The highest BCUT2D eigenvalue weighted by Crippen LogP contribution is 2.32. The van der Waals surface area contributed by atoms with E-state index in [4.69, 9.17) is 11.6 Å². The standard InChI is InChI=1S/C24H30ClF3N6OS/c1-31-8-6-18(7-9-31)32(2)21-15-20(25)29-23(30-21)36-16-22(35)34-12-10-33(11-13-34)19-5-3-4-17(14-19)24(26,27)28/h3-5,14-15,18H,6-13,16H2,1-2H3. The second-order valence-electron chi connectivity index (χ2n) is 9.18. The average Bonchev–Trinajstić information content (AvgIpc) is 2.86. The third-order valence-electron chi connectivity index (χ3n) is 6.75. The maximum atomic E-state index is 13.0. The van der Waals surface area contributed by atoms with Gasteiger partial charge in [-0.2, -0.15) is 13.2 Å². The summed E-state index contributed by atoms with van der Waals surface area (Å²) in [7, 11) is 4.13. The first-order valence-electron chi connectivity index (χ1n) is 11.9. The summed E-state index contributed by atoms with van der Waals surface area (Å²) in [5.41, 5.74) is -0.155. The SMILES string of the molecule is CN1CCC(N(C)c2cc(Cl)nc(SCC(=O)N3CCN(c4cccc(C(F)(F)F)c4)CC3)n2)CC1. The Morgan fingerprint density at radius 1 is 1.11 bits per heavy atom. The van der Waals surface area contributed by atoms with Crippen LogP contribution in [0.25, 0.3) is 0 Å². The number of hydrogen-bond acceptors (Lipinski definition) is 7. The number of carbonyl (C=O) groups excluding carboxylic acids is 1. The Morgan fingerprint density at radius 3 is 2.47 bits per heavy atom. The first-order chi connectivity index (χ1) is 17.1. The minimum absolute atomic E-state index is 0.0579. The lowest BCUT2D eigenvalue weighted by atomic mass is 10.0. The Hall–Kier alpha value is -2.24. The fourth-order valence-electron chi connectivity index (χ4n) is 4.51. The Bertz CT molecular complexity index is 1060. The number of alkyl halides is 3. The molecule has 4 rings (SSSR count). The van der Waals surface area contributed by atoms with E-state index in [0.717, 1.165) is 43.9 Å². The van der Waals surface area contributed by atoms with E-state index in [2.05, 4.69) is 26.8 Å². The summed E-state index contributed by atoms with van der Waals surface area (Å²) in [6, 6.07) is 7.42. The fourth-order valence-corrected chi connectivity index (χ4v) is 5.49. The van der Waals surface area contributed by atoms with Gasteiger partial charge < -0.3 is 19.6 Å². The predicted octanol–water partition coefficient (Wildman–Crippen LogP) is 4.12. The van der Waals surface area contributed by atoms with Gasteiger partial charge in [-0.05, 0) is 51.2 Å². The van der Waals surface area contributed by atoms with Crippen molar-refractivity contribution in [3.8, 4) is 0 Å². The number of amides is 1. The molecule has 1 amide bonds. The van der Waals surface area contributed by atoms with Gasteiger partial charge in [-0.1, -0.05) is 29.4 Å². The highest BCUT2D eigenvalue weighted by molar-refractivity contribution is 7.99. The number of hydrogen-bond donors (Lipinski definition) is 0. The number of piperazine rings is 1. The molecule has 2 fully saturated rings. The van der Waals surface area contributed by atoms with Crippen molar-refractivity contribution in [2.45, 2.75) is 30.2 Å². The summed E-state index contributed by atoms with van der Waals surface area (Å²) in [4.78, 5) is 29.8. The van der Waals surface area contributed by atoms with Crippen LogP contribution in [-0.4, -0.2) is 90.8 Å². The van der Waals surface area contributed by atoms with E-state index < -0.39 is 11.7 Å². The van der Waals surface area contributed by atoms with Gasteiger partial charge in [0.05, 0.1) is 11.3 Å². The molecule has 0 saturated carbocycles. The summed E-state index contributed by atoms with van der Waals surface area (Å²) < 4.78 is 39.1. The quantitative estimate of drug-likeness (QED) is 0.309. The van der Waals surface area contributed by atoms with Crippen LogP contribution in [0.4, 0.5) is 24.7 Å². The highest BCUT2D eigenvalue weighted by Gasteiger charge is 2.31. The van der Waals surface area contributed by atoms with Crippen LogP contribution >= 0.6 is 23.4 Å². The molecule has 36 heavy (non-hydrogen) atoms. The first-order valence-corrected chi connectivity index (χ1v) is 13.3. The zero-order valence-electron chi connectivity index (χ0n) is 20.3. The molecule has 3 heterocycles. The molecule has 0 spiro atoms. The number of piperidine rings is 1. The number of benzene rings is 1. The molecule has 2 aromatic rings. The minimum Gasteiger partial charge on any atom is -0.368 e. The van der Waals surface area contributed by atoms with E-state index in [9.17, 15) is 18.0 Å². The molecule has 0 radical (unpaired) electrons. The summed E-state index contributed by atoms with van der Waals surface area (Å²) in [6.45, 7) is 3.88. The molecule has 1 aromatic carbocycles. The van der Waals surface area contributed by atoms with Crippen molar-refractivity contribution in [2.75, 3.05) is 68.9 Å². The number of rotatable bonds is 6.